The molecule has 4 N–H and O–H groups in total. The summed E-state index contributed by atoms with van der Waals surface area (Å²) in [5, 5.41) is 27.6. The summed E-state index contributed by atoms with van der Waals surface area (Å²) in [4.78, 5) is 31.0. The third-order valence-corrected chi connectivity index (χ3v) is 9.13. The maximum atomic E-state index is 12.5. The van der Waals surface area contributed by atoms with E-state index in [9.17, 15) is 15.0 Å². The van der Waals surface area contributed by atoms with Crippen LogP contribution in [0.15, 0.2) is 36.9 Å². The molecule has 2 unspecified atom stereocenters. The molecule has 1 aromatic carbocycles. The van der Waals surface area contributed by atoms with Crippen LogP contribution in [-0.2, 0) is 9.53 Å². The van der Waals surface area contributed by atoms with E-state index in [4.69, 9.17) is 4.74 Å². The lowest BCUT2D eigenvalue weighted by atomic mass is 9.98. The van der Waals surface area contributed by atoms with Crippen molar-refractivity contribution in [1.82, 2.24) is 29.7 Å². The van der Waals surface area contributed by atoms with Gasteiger partial charge >= 0.3 is 0 Å². The summed E-state index contributed by atoms with van der Waals surface area (Å²) in [5.74, 6) is 0.613. The van der Waals surface area contributed by atoms with Crippen molar-refractivity contribution >= 4 is 28.6 Å². The van der Waals surface area contributed by atoms with Crippen molar-refractivity contribution in [1.29, 1.82) is 0 Å². The van der Waals surface area contributed by atoms with Crippen LogP contribution in [-0.4, -0.2) is 104 Å². The first-order chi connectivity index (χ1) is 20.6. The van der Waals surface area contributed by atoms with Crippen molar-refractivity contribution in [3.8, 4) is 0 Å². The van der Waals surface area contributed by atoms with Gasteiger partial charge in [-0.1, -0.05) is 24.6 Å². The number of hydrogen-bond acceptors (Lipinski definition) is 10. The van der Waals surface area contributed by atoms with Gasteiger partial charge in [-0.2, -0.15) is 0 Å². The minimum atomic E-state index is -1.35. The molecule has 12 heteroatoms. The van der Waals surface area contributed by atoms with Crippen LogP contribution in [0.4, 0.5) is 11.5 Å². The molecular formula is C30H40N8O4. The summed E-state index contributed by atoms with van der Waals surface area (Å²) < 4.78 is 7.41. The van der Waals surface area contributed by atoms with Crippen LogP contribution in [0.3, 0.4) is 0 Å². The van der Waals surface area contributed by atoms with Gasteiger partial charge in [0, 0.05) is 43.8 Å². The number of ether oxygens (including phenoxy) is 1. The van der Waals surface area contributed by atoms with Crippen LogP contribution in [0.1, 0.15) is 56.2 Å². The molecule has 5 heterocycles. The summed E-state index contributed by atoms with van der Waals surface area (Å²) in [7, 11) is 0. The minimum Gasteiger partial charge on any atom is -0.387 e. The molecule has 1 saturated carbocycles. The van der Waals surface area contributed by atoms with Crippen LogP contribution in [0.25, 0.3) is 11.2 Å². The van der Waals surface area contributed by atoms with Gasteiger partial charge in [0.25, 0.3) is 5.91 Å². The standard InChI is InChI=1S/C30H40N8O4/c39-24-25(40)30(42-26(24)29(41)35-20-8-9-20)38-18-34-23-27(32-17-33-28(23)38)31-11-10-19-16-37(22-7-3-2-6-21(19)22)15-14-36-12-4-1-5-13-36/h2-3,6-7,17-20,24-26,30,39-40H,1,4-5,8-16H2,(H,35,41)(H,31,32,33)/t19?,24-,25+,26-,30?/m1/s1. The lowest BCUT2D eigenvalue weighted by Gasteiger charge is -2.29. The van der Waals surface area contributed by atoms with E-state index >= 15 is 0 Å². The number of aliphatic hydroxyl groups is 2. The molecule has 224 valence electrons. The first-order valence-corrected chi connectivity index (χ1v) is 15.4. The van der Waals surface area contributed by atoms with Crippen molar-refractivity contribution in [3.05, 3.63) is 42.5 Å². The highest BCUT2D eigenvalue weighted by Gasteiger charge is 2.48. The Labute approximate surface area is 245 Å². The molecular weight excluding hydrogens is 536 g/mol. The van der Waals surface area contributed by atoms with E-state index in [0.29, 0.717) is 29.4 Å². The van der Waals surface area contributed by atoms with Crippen molar-refractivity contribution in [2.24, 2.45) is 0 Å². The highest BCUT2D eigenvalue weighted by atomic mass is 16.6. The molecule has 0 bridgehead atoms. The maximum absolute atomic E-state index is 12.5. The van der Waals surface area contributed by atoms with Crippen LogP contribution in [0, 0.1) is 0 Å². The number of carbonyl (C=O) groups excluding carboxylic acids is 1. The van der Waals surface area contributed by atoms with Gasteiger partial charge in [0.05, 0.1) is 6.33 Å². The number of para-hydroxylation sites is 1. The molecule has 4 aliphatic rings. The topological polar surface area (TPSA) is 141 Å². The molecule has 0 spiro atoms. The fourth-order valence-electron chi connectivity index (χ4n) is 6.64. The van der Waals surface area contributed by atoms with Gasteiger partial charge in [0.1, 0.15) is 18.5 Å². The van der Waals surface area contributed by atoms with E-state index in [1.165, 1.54) is 56.3 Å². The summed E-state index contributed by atoms with van der Waals surface area (Å²) in [6.07, 6.45) is 4.93. The van der Waals surface area contributed by atoms with Crippen LogP contribution >= 0.6 is 0 Å². The van der Waals surface area contributed by atoms with E-state index in [0.717, 1.165) is 38.9 Å². The Morgan fingerprint density at radius 2 is 1.86 bits per heavy atom. The van der Waals surface area contributed by atoms with Crippen LogP contribution in [0.2, 0.25) is 0 Å². The van der Waals surface area contributed by atoms with Gasteiger partial charge in [-0.25, -0.2) is 15.0 Å². The van der Waals surface area contributed by atoms with Gasteiger partial charge in [-0.3, -0.25) is 9.36 Å². The molecule has 42 heavy (non-hydrogen) atoms. The zero-order valence-electron chi connectivity index (χ0n) is 23.8. The number of aromatic nitrogens is 4. The van der Waals surface area contributed by atoms with Crippen LogP contribution in [0.5, 0.6) is 0 Å². The second-order valence-corrected chi connectivity index (χ2v) is 12.1. The van der Waals surface area contributed by atoms with Crippen molar-refractivity contribution in [2.75, 3.05) is 49.5 Å². The molecule has 2 saturated heterocycles. The van der Waals surface area contributed by atoms with Crippen LogP contribution < -0.4 is 15.5 Å². The molecule has 3 aliphatic heterocycles. The second kappa shape index (κ2) is 11.8. The van der Waals surface area contributed by atoms with Gasteiger partial charge in [-0.15, -0.1) is 0 Å². The molecule has 1 amide bonds. The highest BCUT2D eigenvalue weighted by molar-refractivity contribution is 5.83. The minimum absolute atomic E-state index is 0.125. The summed E-state index contributed by atoms with van der Waals surface area (Å²) in [6, 6.07) is 8.89. The number of anilines is 2. The molecule has 1 aliphatic carbocycles. The quantitative estimate of drug-likeness (QED) is 0.281. The van der Waals surface area contributed by atoms with Crippen molar-refractivity contribution in [3.63, 3.8) is 0 Å². The molecule has 5 atom stereocenters. The lowest BCUT2D eigenvalue weighted by molar-refractivity contribution is -0.137. The second-order valence-electron chi connectivity index (χ2n) is 12.1. The number of likely N-dealkylation sites (tertiary alicyclic amines) is 1. The largest absolute Gasteiger partial charge is 0.387 e. The Kier molecular flexibility index (Phi) is 7.70. The number of imidazole rings is 1. The highest BCUT2D eigenvalue weighted by Crippen LogP contribution is 2.38. The summed E-state index contributed by atoms with van der Waals surface area (Å²) >= 11 is 0. The normalized spacial score (nSPS) is 27.9. The van der Waals surface area contributed by atoms with E-state index in [1.807, 2.05) is 0 Å². The number of nitrogens with one attached hydrogen (secondary N) is 2. The third-order valence-electron chi connectivity index (χ3n) is 9.13. The monoisotopic (exact) mass is 576 g/mol. The van der Waals surface area contributed by atoms with Crippen molar-refractivity contribution < 1.29 is 19.7 Å². The third kappa shape index (κ3) is 5.44. The van der Waals surface area contributed by atoms with E-state index in [1.54, 1.807) is 4.57 Å². The number of benzene rings is 1. The van der Waals surface area contributed by atoms with E-state index in [2.05, 4.69) is 59.7 Å². The Morgan fingerprint density at radius 3 is 2.69 bits per heavy atom. The Balaban J connectivity index is 0.995. The average Bonchev–Trinajstić information content (AvgIpc) is 3.49. The zero-order valence-corrected chi connectivity index (χ0v) is 23.8. The number of carbonyl (C=O) groups is 1. The molecule has 2 aromatic heterocycles. The fraction of sp³-hybridized carbons (Fsp3) is 0.600. The smallest absolute Gasteiger partial charge is 0.252 e. The molecule has 3 fully saturated rings. The lowest BCUT2D eigenvalue weighted by Crippen LogP contribution is -2.43. The number of rotatable bonds is 10. The first kappa shape index (κ1) is 27.5. The fourth-order valence-corrected chi connectivity index (χ4v) is 6.64. The van der Waals surface area contributed by atoms with E-state index in [-0.39, 0.29) is 6.04 Å². The predicted octanol–water partition coefficient (Wildman–Crippen LogP) is 1.62. The SMILES string of the molecule is O=C(NC1CC1)[C@@H]1OC(n2cnc3c(NCCC4CN(CCN5CCCCC5)c5ccccc54)ncnc32)[C@@H](O)[C@H]1O. The van der Waals surface area contributed by atoms with Gasteiger partial charge in [0.15, 0.2) is 29.3 Å². The predicted molar refractivity (Wildman–Crippen MR) is 157 cm³/mol. The number of nitrogens with zero attached hydrogens (tertiary/aromatic N) is 6. The number of hydrogen-bond donors (Lipinski definition) is 4. The van der Waals surface area contributed by atoms with Gasteiger partial charge in [0.2, 0.25) is 0 Å². The van der Waals surface area contributed by atoms with Crippen molar-refractivity contribution in [2.45, 2.75) is 75.0 Å². The Bertz CT molecular complexity index is 1410. The van der Waals surface area contributed by atoms with E-state index < -0.39 is 30.4 Å². The first-order valence-electron chi connectivity index (χ1n) is 15.4. The number of fused-ring (bicyclic) bond motifs is 2. The molecule has 12 nitrogen and oxygen atoms in total. The average molecular weight is 577 g/mol. The number of amides is 1. The number of aliphatic hydroxyl groups excluding tert-OH is 2. The summed E-state index contributed by atoms with van der Waals surface area (Å²) in [5.41, 5.74) is 3.76. The van der Waals surface area contributed by atoms with Gasteiger partial charge in [-0.05, 0) is 56.8 Å². The Hall–Kier alpha value is -3.32. The number of piperidine rings is 1. The summed E-state index contributed by atoms with van der Waals surface area (Å²) in [6.45, 7) is 6.32. The Morgan fingerprint density at radius 1 is 1.02 bits per heavy atom. The van der Waals surface area contributed by atoms with Gasteiger partial charge < -0.3 is 35.4 Å². The molecule has 3 aromatic rings. The zero-order chi connectivity index (χ0) is 28.6. The molecule has 7 rings (SSSR count). The molecule has 0 radical (unpaired) electrons. The maximum Gasteiger partial charge on any atom is 0.252 e.